The summed E-state index contributed by atoms with van der Waals surface area (Å²) in [5.74, 6) is -0.490. The molecule has 4 nitrogen and oxygen atoms in total. The van der Waals surface area contributed by atoms with E-state index in [1.54, 1.807) is 18.2 Å². The topological polar surface area (TPSA) is 58.2 Å². The summed E-state index contributed by atoms with van der Waals surface area (Å²) in [5, 5.41) is 6.02. The molecule has 0 radical (unpaired) electrons. The Balaban J connectivity index is 2.76. The fourth-order valence-corrected chi connectivity index (χ4v) is 2.16. The summed E-state index contributed by atoms with van der Waals surface area (Å²) in [5.41, 5.74) is 0.635. The van der Waals surface area contributed by atoms with E-state index >= 15 is 0 Å². The molecule has 0 bridgehead atoms. The van der Waals surface area contributed by atoms with Gasteiger partial charge in [-0.1, -0.05) is 49.2 Å². The molecule has 110 valence electrons. The quantitative estimate of drug-likeness (QED) is 0.876. The molecule has 1 rings (SSSR count). The van der Waals surface area contributed by atoms with Crippen LogP contribution in [0.4, 0.5) is 0 Å². The van der Waals surface area contributed by atoms with Gasteiger partial charge in [0.25, 0.3) is 0 Å². The van der Waals surface area contributed by atoms with Crippen molar-refractivity contribution < 1.29 is 9.59 Å². The third kappa shape index (κ3) is 4.39. The number of amides is 2. The number of halogens is 2. The summed E-state index contributed by atoms with van der Waals surface area (Å²) < 4.78 is 0. The molecule has 20 heavy (non-hydrogen) atoms. The van der Waals surface area contributed by atoms with Crippen molar-refractivity contribution in [3.63, 3.8) is 0 Å². The van der Waals surface area contributed by atoms with Crippen LogP contribution in [0, 0.1) is 5.92 Å². The third-order valence-electron chi connectivity index (χ3n) is 2.89. The van der Waals surface area contributed by atoms with Crippen LogP contribution in [-0.2, 0) is 16.0 Å². The van der Waals surface area contributed by atoms with Crippen molar-refractivity contribution in [2.45, 2.75) is 26.3 Å². The zero-order valence-corrected chi connectivity index (χ0v) is 13.2. The van der Waals surface area contributed by atoms with Gasteiger partial charge in [-0.15, -0.1) is 0 Å². The van der Waals surface area contributed by atoms with Gasteiger partial charge in [-0.25, -0.2) is 0 Å². The zero-order chi connectivity index (χ0) is 15.3. The predicted molar refractivity (Wildman–Crippen MR) is 81.0 cm³/mol. The van der Waals surface area contributed by atoms with E-state index in [9.17, 15) is 9.59 Å². The van der Waals surface area contributed by atoms with Gasteiger partial charge < -0.3 is 10.6 Å². The maximum Gasteiger partial charge on any atom is 0.242 e. The van der Waals surface area contributed by atoms with Crippen LogP contribution in [0.1, 0.15) is 19.4 Å². The lowest BCUT2D eigenvalue weighted by molar-refractivity contribution is -0.129. The largest absolute Gasteiger partial charge is 0.357 e. The number of benzene rings is 1. The van der Waals surface area contributed by atoms with Crippen molar-refractivity contribution in [1.82, 2.24) is 10.6 Å². The summed E-state index contributed by atoms with van der Waals surface area (Å²) in [6.07, 6.45) is 0.0829. The van der Waals surface area contributed by atoms with Gasteiger partial charge in [0.15, 0.2) is 0 Å². The number of likely N-dealkylation sites (N-methyl/N-ethyl adjacent to an activating group) is 1. The van der Waals surface area contributed by atoms with E-state index in [4.69, 9.17) is 23.2 Å². The van der Waals surface area contributed by atoms with E-state index < -0.39 is 6.04 Å². The van der Waals surface area contributed by atoms with E-state index in [0.717, 1.165) is 0 Å². The second-order valence-corrected chi connectivity index (χ2v) is 5.58. The van der Waals surface area contributed by atoms with E-state index in [2.05, 4.69) is 10.6 Å². The maximum absolute atomic E-state index is 12.0. The summed E-state index contributed by atoms with van der Waals surface area (Å²) in [6, 6.07) is 4.56. The number of carbonyl (C=O) groups excluding carboxylic acids is 2. The van der Waals surface area contributed by atoms with Crippen LogP contribution < -0.4 is 10.6 Å². The molecule has 0 aromatic heterocycles. The highest BCUT2D eigenvalue weighted by Gasteiger charge is 2.23. The van der Waals surface area contributed by atoms with Gasteiger partial charge in [-0.3, -0.25) is 9.59 Å². The molecule has 0 spiro atoms. The average Bonchev–Trinajstić information content (AvgIpc) is 2.40. The molecule has 0 saturated carbocycles. The second-order valence-electron chi connectivity index (χ2n) is 4.79. The highest BCUT2D eigenvalue weighted by molar-refractivity contribution is 6.42. The first-order chi connectivity index (χ1) is 9.36. The molecule has 2 amide bonds. The molecule has 6 heteroatoms. The smallest absolute Gasteiger partial charge is 0.242 e. The van der Waals surface area contributed by atoms with Crippen molar-refractivity contribution >= 4 is 35.0 Å². The number of rotatable bonds is 5. The molecule has 1 aromatic rings. The fourth-order valence-electron chi connectivity index (χ4n) is 1.77. The van der Waals surface area contributed by atoms with Crippen LogP contribution in [0.2, 0.25) is 10.0 Å². The van der Waals surface area contributed by atoms with E-state index in [1.165, 1.54) is 7.05 Å². The Bertz CT molecular complexity index is 504. The lowest BCUT2D eigenvalue weighted by Crippen LogP contribution is -2.49. The van der Waals surface area contributed by atoms with E-state index in [-0.39, 0.29) is 24.2 Å². The molecule has 2 N–H and O–H groups in total. The first-order valence-electron chi connectivity index (χ1n) is 6.30. The van der Waals surface area contributed by atoms with Crippen LogP contribution >= 0.6 is 23.2 Å². The lowest BCUT2D eigenvalue weighted by Gasteiger charge is -2.20. The Morgan fingerprint density at radius 3 is 2.45 bits per heavy atom. The maximum atomic E-state index is 12.0. The van der Waals surface area contributed by atoms with Crippen molar-refractivity contribution in [2.75, 3.05) is 7.05 Å². The van der Waals surface area contributed by atoms with Gasteiger partial charge in [0, 0.05) is 7.05 Å². The molecule has 0 heterocycles. The van der Waals surface area contributed by atoms with Gasteiger partial charge in [0.1, 0.15) is 6.04 Å². The van der Waals surface area contributed by atoms with Crippen molar-refractivity contribution in [2.24, 2.45) is 5.92 Å². The summed E-state index contributed by atoms with van der Waals surface area (Å²) in [7, 11) is 1.54. The standard InChI is InChI=1S/C14H18Cl2N2O2/c1-8(2)13(14(20)17-3)18-11(19)7-9-5-4-6-10(15)12(9)16/h4-6,8,13H,7H2,1-3H3,(H,17,20)(H,18,19)/t13-/m0/s1. The van der Waals surface area contributed by atoms with E-state index in [1.807, 2.05) is 13.8 Å². The highest BCUT2D eigenvalue weighted by Crippen LogP contribution is 2.25. The number of nitrogens with one attached hydrogen (secondary N) is 2. The van der Waals surface area contributed by atoms with Crippen LogP contribution in [-0.4, -0.2) is 24.9 Å². The Kier molecular flexibility index (Phi) is 6.30. The van der Waals surface area contributed by atoms with Gasteiger partial charge >= 0.3 is 0 Å². The third-order valence-corrected chi connectivity index (χ3v) is 3.75. The van der Waals surface area contributed by atoms with Gasteiger partial charge in [-0.05, 0) is 17.5 Å². The first kappa shape index (κ1) is 16.8. The van der Waals surface area contributed by atoms with Gasteiger partial charge in [0.2, 0.25) is 11.8 Å². The average molecular weight is 317 g/mol. The normalized spacial score (nSPS) is 12.1. The second kappa shape index (κ2) is 7.50. The lowest BCUT2D eigenvalue weighted by atomic mass is 10.0. The molecule has 0 fully saturated rings. The molecule has 0 aliphatic carbocycles. The molecule has 0 unspecified atom stereocenters. The molecule has 0 saturated heterocycles. The van der Waals surface area contributed by atoms with E-state index in [0.29, 0.717) is 15.6 Å². The number of hydrogen-bond donors (Lipinski definition) is 2. The minimum absolute atomic E-state index is 0.00580. The molecular weight excluding hydrogens is 299 g/mol. The van der Waals surface area contributed by atoms with Crippen LogP contribution in [0.15, 0.2) is 18.2 Å². The summed E-state index contributed by atoms with van der Waals surface area (Å²) in [6.45, 7) is 3.74. The molecule has 0 aliphatic heterocycles. The minimum Gasteiger partial charge on any atom is -0.357 e. The Morgan fingerprint density at radius 2 is 1.90 bits per heavy atom. The summed E-state index contributed by atoms with van der Waals surface area (Å²) in [4.78, 5) is 23.7. The van der Waals surface area contributed by atoms with Gasteiger partial charge in [0.05, 0.1) is 16.5 Å². The molecule has 1 aromatic carbocycles. The molecule has 0 aliphatic rings. The van der Waals surface area contributed by atoms with Gasteiger partial charge in [-0.2, -0.15) is 0 Å². The Morgan fingerprint density at radius 1 is 1.25 bits per heavy atom. The summed E-state index contributed by atoms with van der Waals surface area (Å²) >= 11 is 11.9. The van der Waals surface area contributed by atoms with Crippen LogP contribution in [0.5, 0.6) is 0 Å². The SMILES string of the molecule is CNC(=O)[C@@H](NC(=O)Cc1cccc(Cl)c1Cl)C(C)C. The monoisotopic (exact) mass is 316 g/mol. The molecule has 1 atom stereocenters. The minimum atomic E-state index is -0.564. The Labute approximate surface area is 128 Å². The van der Waals surface area contributed by atoms with Crippen molar-refractivity contribution in [3.05, 3.63) is 33.8 Å². The highest BCUT2D eigenvalue weighted by atomic mass is 35.5. The van der Waals surface area contributed by atoms with Crippen molar-refractivity contribution in [1.29, 1.82) is 0 Å². The zero-order valence-electron chi connectivity index (χ0n) is 11.7. The number of carbonyl (C=O) groups is 2. The van der Waals surface area contributed by atoms with Crippen LogP contribution in [0.25, 0.3) is 0 Å². The number of hydrogen-bond acceptors (Lipinski definition) is 2. The molecular formula is C14H18Cl2N2O2. The Hall–Kier alpha value is -1.26. The van der Waals surface area contributed by atoms with Crippen molar-refractivity contribution in [3.8, 4) is 0 Å². The predicted octanol–water partition coefficient (Wildman–Crippen LogP) is 2.42. The first-order valence-corrected chi connectivity index (χ1v) is 7.06. The fraction of sp³-hybridized carbons (Fsp3) is 0.429. The van der Waals surface area contributed by atoms with Crippen LogP contribution in [0.3, 0.4) is 0 Å².